The van der Waals surface area contributed by atoms with Crippen molar-refractivity contribution in [1.82, 2.24) is 14.9 Å². The first-order valence-electron chi connectivity index (χ1n) is 7.22. The number of nitrogens with zero attached hydrogens (tertiary/aromatic N) is 1. The van der Waals surface area contributed by atoms with Crippen LogP contribution in [0.5, 0.6) is 0 Å². The molecule has 1 fully saturated rings. The van der Waals surface area contributed by atoms with Gasteiger partial charge in [-0.2, -0.15) is 5.10 Å². The molecule has 4 N–H and O–H groups in total. The van der Waals surface area contributed by atoms with Crippen LogP contribution in [0, 0.1) is 12.8 Å². The van der Waals surface area contributed by atoms with Crippen LogP contribution in [0.3, 0.4) is 0 Å². The van der Waals surface area contributed by atoms with E-state index in [4.69, 9.17) is 5.73 Å². The Labute approximate surface area is 120 Å². The van der Waals surface area contributed by atoms with Crippen LogP contribution in [0.1, 0.15) is 50.4 Å². The molecule has 1 aromatic heterocycles. The summed E-state index contributed by atoms with van der Waals surface area (Å²) in [5.74, 6) is 0.362. The molecule has 0 amide bonds. The summed E-state index contributed by atoms with van der Waals surface area (Å²) in [7, 11) is -3.56. The summed E-state index contributed by atoms with van der Waals surface area (Å²) >= 11 is 0. The van der Waals surface area contributed by atoms with Gasteiger partial charge in [-0.25, -0.2) is 13.1 Å². The van der Waals surface area contributed by atoms with E-state index >= 15 is 0 Å². The number of hydrogen-bond acceptors (Lipinski definition) is 4. The second-order valence-electron chi connectivity index (χ2n) is 5.67. The Morgan fingerprint density at radius 3 is 2.75 bits per heavy atom. The fourth-order valence-electron chi connectivity index (χ4n) is 2.89. The van der Waals surface area contributed by atoms with Gasteiger partial charge < -0.3 is 5.73 Å². The second kappa shape index (κ2) is 6.24. The fourth-order valence-corrected chi connectivity index (χ4v) is 4.65. The first kappa shape index (κ1) is 15.5. The van der Waals surface area contributed by atoms with Crippen molar-refractivity contribution < 1.29 is 8.42 Å². The monoisotopic (exact) mass is 300 g/mol. The third-order valence-electron chi connectivity index (χ3n) is 4.09. The molecule has 2 rings (SSSR count). The highest BCUT2D eigenvalue weighted by Crippen LogP contribution is 2.25. The lowest BCUT2D eigenvalue weighted by molar-refractivity contribution is 0.399. The Kier molecular flexibility index (Phi) is 4.82. The fraction of sp³-hybridized carbons (Fsp3) is 0.769. The summed E-state index contributed by atoms with van der Waals surface area (Å²) in [6, 6.07) is 0.00224. The highest BCUT2D eigenvalue weighted by atomic mass is 32.2. The molecule has 0 radical (unpaired) electrons. The number of rotatable bonds is 4. The molecule has 0 spiro atoms. The van der Waals surface area contributed by atoms with Crippen LogP contribution in [0.2, 0.25) is 0 Å². The number of aromatic nitrogens is 2. The largest absolute Gasteiger partial charge is 0.325 e. The number of nitrogens with one attached hydrogen (secondary N) is 2. The molecular formula is C13H24N4O2S. The molecule has 2 unspecified atom stereocenters. The quantitative estimate of drug-likeness (QED) is 0.732. The molecular weight excluding hydrogens is 276 g/mol. The van der Waals surface area contributed by atoms with Gasteiger partial charge >= 0.3 is 0 Å². The molecule has 0 bridgehead atoms. The summed E-state index contributed by atoms with van der Waals surface area (Å²) in [5.41, 5.74) is 6.51. The van der Waals surface area contributed by atoms with Gasteiger partial charge in [-0.15, -0.1) is 0 Å². The Bertz CT molecular complexity index is 553. The number of nitrogens with two attached hydrogens (primary N) is 1. The molecule has 1 aliphatic carbocycles. The van der Waals surface area contributed by atoms with E-state index in [9.17, 15) is 8.42 Å². The van der Waals surface area contributed by atoms with E-state index in [1.54, 1.807) is 6.92 Å². The Balaban J connectivity index is 2.24. The molecule has 0 saturated heterocycles. The predicted molar refractivity (Wildman–Crippen MR) is 77.6 cm³/mol. The van der Waals surface area contributed by atoms with Crippen LogP contribution in [-0.2, 0) is 16.6 Å². The molecule has 2 atom stereocenters. The first-order chi connectivity index (χ1) is 9.45. The molecule has 0 aliphatic heterocycles. The molecule has 1 aliphatic rings. The Hall–Kier alpha value is -0.920. The van der Waals surface area contributed by atoms with Crippen molar-refractivity contribution in [3.05, 3.63) is 11.4 Å². The highest BCUT2D eigenvalue weighted by molar-refractivity contribution is 7.89. The minimum atomic E-state index is -3.56. The summed E-state index contributed by atoms with van der Waals surface area (Å²) in [6.45, 7) is 3.93. The van der Waals surface area contributed by atoms with E-state index in [-0.39, 0.29) is 17.5 Å². The maximum absolute atomic E-state index is 12.6. The number of hydrogen-bond donors (Lipinski definition) is 3. The summed E-state index contributed by atoms with van der Waals surface area (Å²) < 4.78 is 28.0. The topological polar surface area (TPSA) is 101 Å². The van der Waals surface area contributed by atoms with Gasteiger partial charge in [0.25, 0.3) is 0 Å². The van der Waals surface area contributed by atoms with Crippen molar-refractivity contribution in [3.63, 3.8) is 0 Å². The average Bonchev–Trinajstić information content (AvgIpc) is 2.67. The van der Waals surface area contributed by atoms with Gasteiger partial charge in [-0.1, -0.05) is 26.2 Å². The SMILES string of the molecule is Cc1[nH]nc(CN)c1S(=O)(=O)NC1CCCCCC1C. The van der Waals surface area contributed by atoms with Gasteiger partial charge in [0.15, 0.2) is 0 Å². The van der Waals surface area contributed by atoms with Crippen LogP contribution in [-0.4, -0.2) is 24.7 Å². The molecule has 1 heterocycles. The maximum Gasteiger partial charge on any atom is 0.244 e. The minimum Gasteiger partial charge on any atom is -0.325 e. The normalized spacial score (nSPS) is 24.6. The van der Waals surface area contributed by atoms with Gasteiger partial charge in [-0.05, 0) is 25.7 Å². The van der Waals surface area contributed by atoms with Gasteiger partial charge in [0.2, 0.25) is 10.0 Å². The molecule has 20 heavy (non-hydrogen) atoms. The number of sulfonamides is 1. The number of aryl methyl sites for hydroxylation is 1. The standard InChI is InChI=1S/C13H24N4O2S/c1-9-6-4-3-5-7-11(9)17-20(18,19)13-10(2)15-16-12(13)8-14/h9,11,17H,3-8,14H2,1-2H3,(H,15,16). The maximum atomic E-state index is 12.6. The van der Waals surface area contributed by atoms with Crippen molar-refractivity contribution in [2.45, 2.75) is 63.4 Å². The van der Waals surface area contributed by atoms with Crippen LogP contribution >= 0.6 is 0 Å². The van der Waals surface area contributed by atoms with E-state index in [1.165, 1.54) is 12.8 Å². The zero-order valence-electron chi connectivity index (χ0n) is 12.1. The van der Waals surface area contributed by atoms with E-state index in [0.717, 1.165) is 19.3 Å². The van der Waals surface area contributed by atoms with Crippen molar-refractivity contribution in [3.8, 4) is 0 Å². The summed E-state index contributed by atoms with van der Waals surface area (Å²) in [6.07, 6.45) is 5.40. The minimum absolute atomic E-state index is 0.00224. The van der Waals surface area contributed by atoms with Crippen molar-refractivity contribution in [2.24, 2.45) is 11.7 Å². The van der Waals surface area contributed by atoms with E-state index < -0.39 is 10.0 Å². The van der Waals surface area contributed by atoms with Crippen LogP contribution in [0.15, 0.2) is 4.90 Å². The predicted octanol–water partition coefficient (Wildman–Crippen LogP) is 1.42. The summed E-state index contributed by atoms with van der Waals surface area (Å²) in [5, 5.41) is 6.67. The van der Waals surface area contributed by atoms with Gasteiger partial charge in [0.05, 0.1) is 11.4 Å². The lowest BCUT2D eigenvalue weighted by Crippen LogP contribution is -2.39. The third kappa shape index (κ3) is 3.21. The van der Waals surface area contributed by atoms with Crippen LogP contribution < -0.4 is 10.5 Å². The Morgan fingerprint density at radius 1 is 1.35 bits per heavy atom. The smallest absolute Gasteiger partial charge is 0.244 e. The highest BCUT2D eigenvalue weighted by Gasteiger charge is 2.29. The molecule has 7 heteroatoms. The van der Waals surface area contributed by atoms with E-state index in [1.807, 2.05) is 0 Å². The second-order valence-corrected chi connectivity index (χ2v) is 7.32. The molecule has 0 aromatic carbocycles. The Morgan fingerprint density at radius 2 is 2.05 bits per heavy atom. The van der Waals surface area contributed by atoms with Crippen molar-refractivity contribution >= 4 is 10.0 Å². The lowest BCUT2D eigenvalue weighted by Gasteiger charge is -2.22. The van der Waals surface area contributed by atoms with Crippen LogP contribution in [0.25, 0.3) is 0 Å². The van der Waals surface area contributed by atoms with E-state index in [2.05, 4.69) is 21.8 Å². The van der Waals surface area contributed by atoms with E-state index in [0.29, 0.717) is 17.3 Å². The van der Waals surface area contributed by atoms with Crippen LogP contribution in [0.4, 0.5) is 0 Å². The van der Waals surface area contributed by atoms with Crippen molar-refractivity contribution in [1.29, 1.82) is 0 Å². The lowest BCUT2D eigenvalue weighted by atomic mass is 9.98. The molecule has 1 saturated carbocycles. The van der Waals surface area contributed by atoms with Crippen molar-refractivity contribution in [2.75, 3.05) is 0 Å². The van der Waals surface area contributed by atoms with Gasteiger partial charge in [0.1, 0.15) is 4.90 Å². The molecule has 6 nitrogen and oxygen atoms in total. The van der Waals surface area contributed by atoms with Gasteiger partial charge in [0, 0.05) is 12.6 Å². The summed E-state index contributed by atoms with van der Waals surface area (Å²) in [4.78, 5) is 0.219. The van der Waals surface area contributed by atoms with Gasteiger partial charge in [-0.3, -0.25) is 5.10 Å². The average molecular weight is 300 g/mol. The zero-order valence-corrected chi connectivity index (χ0v) is 13.0. The first-order valence-corrected chi connectivity index (χ1v) is 8.70. The number of aromatic amines is 1. The number of H-pyrrole nitrogens is 1. The zero-order chi connectivity index (χ0) is 14.8. The molecule has 1 aromatic rings. The third-order valence-corrected chi connectivity index (χ3v) is 5.78. The molecule has 114 valence electrons.